The third kappa shape index (κ3) is 4.68. The summed E-state index contributed by atoms with van der Waals surface area (Å²) in [4.78, 5) is 0. The fourth-order valence-electron chi connectivity index (χ4n) is 2.65. The molecule has 22 heavy (non-hydrogen) atoms. The van der Waals surface area contributed by atoms with Gasteiger partial charge >= 0.3 is 0 Å². The Labute approximate surface area is 133 Å². The highest BCUT2D eigenvalue weighted by Gasteiger charge is 2.16. The second-order valence-corrected chi connectivity index (χ2v) is 5.82. The molecule has 0 saturated carbocycles. The van der Waals surface area contributed by atoms with Crippen molar-refractivity contribution in [3.8, 4) is 0 Å². The molecule has 2 rings (SSSR count). The number of nitrogens with one attached hydrogen (secondary N) is 1. The van der Waals surface area contributed by atoms with Crippen molar-refractivity contribution in [1.29, 1.82) is 0 Å². The Hall–Kier alpha value is -1.65. The summed E-state index contributed by atoms with van der Waals surface area (Å²) in [5, 5.41) is 13.1. The van der Waals surface area contributed by atoms with Crippen LogP contribution >= 0.6 is 0 Å². The maximum Gasteiger partial charge on any atom is 0.270 e. The molecule has 0 aliphatic carbocycles. The molecular formula is C18H28N3O+. The van der Waals surface area contributed by atoms with Crippen LogP contribution in [0, 0.1) is 0 Å². The Balaban J connectivity index is 1.94. The molecule has 2 N–H and O–H groups in total. The zero-order valence-corrected chi connectivity index (χ0v) is 13.7. The van der Waals surface area contributed by atoms with Crippen LogP contribution in [0.5, 0.6) is 0 Å². The van der Waals surface area contributed by atoms with Crippen LogP contribution in [0.4, 0.5) is 0 Å². The maximum absolute atomic E-state index is 9.62. The number of aliphatic hydroxyl groups is 1. The van der Waals surface area contributed by atoms with Crippen molar-refractivity contribution in [2.75, 3.05) is 6.61 Å². The molecule has 0 aliphatic heterocycles. The predicted octanol–water partition coefficient (Wildman–Crippen LogP) is 1.81. The molecular weight excluding hydrogens is 274 g/mol. The first kappa shape index (κ1) is 16.7. The number of rotatable bonds is 9. The molecule has 1 heterocycles. The molecule has 0 unspecified atom stereocenters. The van der Waals surface area contributed by atoms with Gasteiger partial charge in [0, 0.05) is 6.04 Å². The van der Waals surface area contributed by atoms with Crippen molar-refractivity contribution in [3.05, 3.63) is 54.1 Å². The van der Waals surface area contributed by atoms with E-state index in [1.807, 2.05) is 18.2 Å². The summed E-state index contributed by atoms with van der Waals surface area (Å²) in [7, 11) is 2.07. The van der Waals surface area contributed by atoms with Gasteiger partial charge < -0.3 is 10.4 Å². The van der Waals surface area contributed by atoms with Crippen molar-refractivity contribution < 1.29 is 9.67 Å². The van der Waals surface area contributed by atoms with Gasteiger partial charge in [-0.3, -0.25) is 0 Å². The quantitative estimate of drug-likeness (QED) is 0.694. The molecule has 0 spiro atoms. The van der Waals surface area contributed by atoms with Gasteiger partial charge in [-0.15, -0.1) is 0 Å². The Kier molecular flexibility index (Phi) is 6.62. The minimum Gasteiger partial charge on any atom is -0.395 e. The molecule has 0 radical (unpaired) electrons. The number of hydrogen-bond acceptors (Lipinski definition) is 2. The lowest BCUT2D eigenvalue weighted by Crippen LogP contribution is -2.40. The van der Waals surface area contributed by atoms with E-state index in [2.05, 4.69) is 52.9 Å². The number of unbranched alkanes of at least 4 members (excludes halogenated alkanes) is 1. The first-order valence-electron chi connectivity index (χ1n) is 8.16. The van der Waals surface area contributed by atoms with Crippen molar-refractivity contribution in [2.24, 2.45) is 7.05 Å². The molecule has 4 heteroatoms. The predicted molar refractivity (Wildman–Crippen MR) is 88.4 cm³/mol. The van der Waals surface area contributed by atoms with Crippen molar-refractivity contribution in [3.63, 3.8) is 0 Å². The molecule has 0 saturated heterocycles. The molecule has 120 valence electrons. The summed E-state index contributed by atoms with van der Waals surface area (Å²) in [6, 6.07) is 10.4. The monoisotopic (exact) mass is 302 g/mol. The summed E-state index contributed by atoms with van der Waals surface area (Å²) in [6.07, 6.45) is 7.46. The third-order valence-electron chi connectivity index (χ3n) is 4.06. The largest absolute Gasteiger partial charge is 0.395 e. The Morgan fingerprint density at radius 3 is 2.73 bits per heavy atom. The van der Waals surface area contributed by atoms with Crippen LogP contribution in [0.15, 0.2) is 42.7 Å². The zero-order valence-electron chi connectivity index (χ0n) is 13.7. The molecule has 0 aliphatic rings. The Bertz CT molecular complexity index is 551. The standard InChI is InChI=1S/C18H28N3O/c1-3-4-10-21-12-11-20(2)18(21)14-19-17(15-22)13-16-8-6-5-7-9-16/h5-9,11-12,17,19,22H,3-4,10,13-15H2,1-2H3/q+1/t17-/m0/s1. The van der Waals surface area contributed by atoms with Crippen LogP contribution in [0.1, 0.15) is 31.2 Å². The fraction of sp³-hybridized carbons (Fsp3) is 0.500. The maximum atomic E-state index is 9.62. The van der Waals surface area contributed by atoms with Gasteiger partial charge in [-0.25, -0.2) is 9.13 Å². The van der Waals surface area contributed by atoms with Gasteiger partial charge in [0.15, 0.2) is 0 Å². The van der Waals surface area contributed by atoms with E-state index in [4.69, 9.17) is 0 Å². The van der Waals surface area contributed by atoms with Gasteiger partial charge in [0.2, 0.25) is 0 Å². The number of aryl methyl sites for hydroxylation is 2. The molecule has 0 fully saturated rings. The molecule has 1 aromatic heterocycles. The summed E-state index contributed by atoms with van der Waals surface area (Å²) in [6.45, 7) is 4.18. The normalized spacial score (nSPS) is 12.5. The lowest BCUT2D eigenvalue weighted by Gasteiger charge is -2.15. The van der Waals surface area contributed by atoms with Gasteiger partial charge in [0.05, 0.1) is 26.7 Å². The first-order chi connectivity index (χ1) is 10.7. The lowest BCUT2D eigenvalue weighted by molar-refractivity contribution is -0.679. The van der Waals surface area contributed by atoms with E-state index in [0.717, 1.165) is 19.5 Å². The van der Waals surface area contributed by atoms with E-state index in [-0.39, 0.29) is 12.6 Å². The second-order valence-electron chi connectivity index (χ2n) is 5.82. The van der Waals surface area contributed by atoms with Gasteiger partial charge in [-0.2, -0.15) is 0 Å². The van der Waals surface area contributed by atoms with Crippen LogP contribution in [0.3, 0.4) is 0 Å². The molecule has 1 atom stereocenters. The van der Waals surface area contributed by atoms with Crippen LogP contribution in [0.2, 0.25) is 0 Å². The van der Waals surface area contributed by atoms with Gasteiger partial charge in [0.1, 0.15) is 12.4 Å². The second kappa shape index (κ2) is 8.71. The van der Waals surface area contributed by atoms with Crippen LogP contribution in [0.25, 0.3) is 0 Å². The SMILES string of the molecule is CCCCn1cc[n+](C)c1CN[C@H](CO)Cc1ccccc1. The van der Waals surface area contributed by atoms with E-state index >= 15 is 0 Å². The van der Waals surface area contributed by atoms with Crippen LogP contribution < -0.4 is 9.88 Å². The smallest absolute Gasteiger partial charge is 0.270 e. The van der Waals surface area contributed by atoms with Crippen molar-refractivity contribution in [2.45, 2.75) is 45.3 Å². The number of nitrogens with zero attached hydrogens (tertiary/aromatic N) is 2. The number of benzene rings is 1. The summed E-state index contributed by atoms with van der Waals surface area (Å²) in [5.41, 5.74) is 1.25. The topological polar surface area (TPSA) is 41.1 Å². The zero-order chi connectivity index (χ0) is 15.8. The molecule has 4 nitrogen and oxygen atoms in total. The van der Waals surface area contributed by atoms with Crippen molar-refractivity contribution >= 4 is 0 Å². The number of imidazole rings is 1. The van der Waals surface area contributed by atoms with E-state index in [1.165, 1.54) is 24.2 Å². The Morgan fingerprint density at radius 1 is 1.27 bits per heavy atom. The van der Waals surface area contributed by atoms with Gasteiger partial charge in [-0.1, -0.05) is 43.7 Å². The van der Waals surface area contributed by atoms with Crippen LogP contribution in [-0.4, -0.2) is 22.3 Å². The molecule has 0 bridgehead atoms. The molecule has 1 aromatic carbocycles. The fourth-order valence-corrected chi connectivity index (χ4v) is 2.65. The average molecular weight is 302 g/mol. The highest BCUT2D eigenvalue weighted by atomic mass is 16.3. The third-order valence-corrected chi connectivity index (χ3v) is 4.06. The van der Waals surface area contributed by atoms with E-state index < -0.39 is 0 Å². The van der Waals surface area contributed by atoms with Gasteiger partial charge in [0.25, 0.3) is 5.82 Å². The first-order valence-corrected chi connectivity index (χ1v) is 8.16. The number of hydrogen-bond donors (Lipinski definition) is 2. The minimum atomic E-state index is 0.0805. The minimum absolute atomic E-state index is 0.0805. The lowest BCUT2D eigenvalue weighted by atomic mass is 10.1. The summed E-state index contributed by atoms with van der Waals surface area (Å²) < 4.78 is 4.45. The van der Waals surface area contributed by atoms with E-state index in [0.29, 0.717) is 0 Å². The number of aromatic nitrogens is 2. The van der Waals surface area contributed by atoms with E-state index in [1.54, 1.807) is 0 Å². The Morgan fingerprint density at radius 2 is 2.05 bits per heavy atom. The van der Waals surface area contributed by atoms with Gasteiger partial charge in [-0.05, 0) is 18.4 Å². The highest BCUT2D eigenvalue weighted by molar-refractivity contribution is 5.15. The molecule has 2 aromatic rings. The summed E-state index contributed by atoms with van der Waals surface area (Å²) >= 11 is 0. The highest BCUT2D eigenvalue weighted by Crippen LogP contribution is 2.04. The number of aliphatic hydroxyl groups excluding tert-OH is 1. The average Bonchev–Trinajstić information content (AvgIpc) is 2.90. The van der Waals surface area contributed by atoms with Crippen LogP contribution in [-0.2, 0) is 26.6 Å². The van der Waals surface area contributed by atoms with E-state index in [9.17, 15) is 5.11 Å². The summed E-state index contributed by atoms with van der Waals surface area (Å²) in [5.74, 6) is 1.25. The molecule has 0 amide bonds. The van der Waals surface area contributed by atoms with Crippen molar-refractivity contribution in [1.82, 2.24) is 9.88 Å².